The minimum absolute atomic E-state index is 0.0148. The van der Waals surface area contributed by atoms with Gasteiger partial charge in [0.15, 0.2) is 0 Å². The van der Waals surface area contributed by atoms with Gasteiger partial charge in [-0.05, 0) is 53.3 Å². The predicted molar refractivity (Wildman–Crippen MR) is 112 cm³/mol. The van der Waals surface area contributed by atoms with Gasteiger partial charge in [-0.3, -0.25) is 4.79 Å². The highest BCUT2D eigenvalue weighted by Crippen LogP contribution is 2.32. The molecule has 0 aliphatic heterocycles. The summed E-state index contributed by atoms with van der Waals surface area (Å²) >= 11 is 1.65. The zero-order valence-corrected chi connectivity index (χ0v) is 16.4. The second-order valence-electron chi connectivity index (χ2n) is 6.90. The first-order chi connectivity index (χ1) is 14.1. The van der Waals surface area contributed by atoms with Crippen LogP contribution in [0.2, 0.25) is 0 Å². The van der Waals surface area contributed by atoms with Gasteiger partial charge < -0.3 is 10.3 Å². The number of benzene rings is 2. The summed E-state index contributed by atoms with van der Waals surface area (Å²) in [5, 5.41) is 6.11. The summed E-state index contributed by atoms with van der Waals surface area (Å²) in [6.45, 7) is 0.437. The van der Waals surface area contributed by atoms with Crippen LogP contribution in [0, 0.1) is 11.6 Å². The van der Waals surface area contributed by atoms with Gasteiger partial charge in [0.1, 0.15) is 11.6 Å². The molecule has 2 aromatic heterocycles. The van der Waals surface area contributed by atoms with E-state index in [0.29, 0.717) is 6.54 Å². The third-order valence-electron chi connectivity index (χ3n) is 5.02. The first kappa shape index (κ1) is 19.3. The van der Waals surface area contributed by atoms with Crippen molar-refractivity contribution in [3.05, 3.63) is 93.8 Å². The average molecular weight is 410 g/mol. The molecule has 2 heterocycles. The van der Waals surface area contributed by atoms with Crippen LogP contribution in [0.3, 0.4) is 0 Å². The van der Waals surface area contributed by atoms with Crippen LogP contribution in [0.1, 0.15) is 28.3 Å². The molecule has 1 atom stereocenters. The standard InChI is InChI=1S/C23H20F2N2OS/c24-16-8-9-20(25)15(12-16)7-10-23(28)27-14-19(22-6-3-11-29-22)18-13-26-21-5-2-1-4-17(18)21/h1-6,8-9,11-13,19,26H,7,10,14H2,(H,27,28). The quantitative estimate of drug-likeness (QED) is 0.422. The molecule has 29 heavy (non-hydrogen) atoms. The zero-order valence-electron chi connectivity index (χ0n) is 15.6. The lowest BCUT2D eigenvalue weighted by Crippen LogP contribution is -2.28. The Kier molecular flexibility index (Phi) is 5.71. The smallest absolute Gasteiger partial charge is 0.220 e. The molecule has 148 valence electrons. The first-order valence-electron chi connectivity index (χ1n) is 9.42. The van der Waals surface area contributed by atoms with E-state index in [1.807, 2.05) is 35.8 Å². The van der Waals surface area contributed by atoms with Crippen LogP contribution in [0.5, 0.6) is 0 Å². The number of carbonyl (C=O) groups excluding carboxylic acids is 1. The molecule has 0 saturated heterocycles. The second-order valence-corrected chi connectivity index (χ2v) is 7.88. The molecule has 1 amide bonds. The Morgan fingerprint density at radius 2 is 1.97 bits per heavy atom. The molecule has 1 unspecified atom stereocenters. The monoisotopic (exact) mass is 410 g/mol. The van der Waals surface area contributed by atoms with Gasteiger partial charge in [-0.15, -0.1) is 11.3 Å². The van der Waals surface area contributed by atoms with Gasteiger partial charge in [0.25, 0.3) is 0 Å². The predicted octanol–water partition coefficient (Wildman–Crippen LogP) is 5.39. The number of H-pyrrole nitrogens is 1. The summed E-state index contributed by atoms with van der Waals surface area (Å²) in [7, 11) is 0. The minimum Gasteiger partial charge on any atom is -0.361 e. The molecule has 0 bridgehead atoms. The molecule has 2 aromatic carbocycles. The van der Waals surface area contributed by atoms with E-state index in [2.05, 4.69) is 22.4 Å². The molecule has 4 aromatic rings. The van der Waals surface area contributed by atoms with Crippen LogP contribution in [-0.2, 0) is 11.2 Å². The maximum Gasteiger partial charge on any atom is 0.220 e. The van der Waals surface area contributed by atoms with Crippen molar-refractivity contribution < 1.29 is 13.6 Å². The van der Waals surface area contributed by atoms with Crippen molar-refractivity contribution in [3.8, 4) is 0 Å². The van der Waals surface area contributed by atoms with Crippen LogP contribution in [0.4, 0.5) is 8.78 Å². The van der Waals surface area contributed by atoms with E-state index >= 15 is 0 Å². The maximum absolute atomic E-state index is 13.8. The number of fused-ring (bicyclic) bond motifs is 1. The molecule has 4 rings (SSSR count). The summed E-state index contributed by atoms with van der Waals surface area (Å²) in [6.07, 6.45) is 2.25. The highest BCUT2D eigenvalue weighted by Gasteiger charge is 2.20. The number of amides is 1. The van der Waals surface area contributed by atoms with Crippen molar-refractivity contribution in [1.82, 2.24) is 10.3 Å². The molecule has 2 N–H and O–H groups in total. The fraction of sp³-hybridized carbons (Fsp3) is 0.174. The molecule has 6 heteroatoms. The molecular weight excluding hydrogens is 390 g/mol. The van der Waals surface area contributed by atoms with Gasteiger partial charge in [0, 0.05) is 40.9 Å². The molecule has 0 fully saturated rings. The number of thiophene rings is 1. The van der Waals surface area contributed by atoms with Crippen LogP contribution in [-0.4, -0.2) is 17.4 Å². The van der Waals surface area contributed by atoms with Crippen LogP contribution in [0.15, 0.2) is 66.2 Å². The molecule has 0 aliphatic carbocycles. The van der Waals surface area contributed by atoms with Crippen molar-refractivity contribution in [2.24, 2.45) is 0 Å². The largest absolute Gasteiger partial charge is 0.361 e. The molecule has 0 saturated carbocycles. The van der Waals surface area contributed by atoms with Crippen molar-refractivity contribution in [1.29, 1.82) is 0 Å². The summed E-state index contributed by atoms with van der Waals surface area (Å²) in [5.74, 6) is -1.16. The van der Waals surface area contributed by atoms with Gasteiger partial charge in [0.2, 0.25) is 5.91 Å². The Bertz CT molecular complexity index is 1120. The van der Waals surface area contributed by atoms with Crippen LogP contribution >= 0.6 is 11.3 Å². The fourth-order valence-corrected chi connectivity index (χ4v) is 4.37. The fourth-order valence-electron chi connectivity index (χ4n) is 3.52. The Morgan fingerprint density at radius 1 is 1.10 bits per heavy atom. The second kappa shape index (κ2) is 8.57. The topological polar surface area (TPSA) is 44.9 Å². The third-order valence-corrected chi connectivity index (χ3v) is 6.00. The Labute approximate surface area is 171 Å². The number of nitrogens with one attached hydrogen (secondary N) is 2. The van der Waals surface area contributed by atoms with Crippen molar-refractivity contribution in [2.75, 3.05) is 6.54 Å². The number of aromatic amines is 1. The molecule has 0 spiro atoms. The number of aromatic nitrogens is 1. The Balaban J connectivity index is 1.46. The zero-order chi connectivity index (χ0) is 20.2. The third kappa shape index (κ3) is 4.38. The van der Waals surface area contributed by atoms with Gasteiger partial charge in [-0.25, -0.2) is 8.78 Å². The van der Waals surface area contributed by atoms with Crippen molar-refractivity contribution >= 4 is 28.1 Å². The number of hydrogen-bond donors (Lipinski definition) is 2. The summed E-state index contributed by atoms with van der Waals surface area (Å²) in [6, 6.07) is 15.4. The number of rotatable bonds is 7. The van der Waals surface area contributed by atoms with E-state index in [4.69, 9.17) is 0 Å². The lowest BCUT2D eigenvalue weighted by Gasteiger charge is -2.16. The normalized spacial score (nSPS) is 12.2. The first-order valence-corrected chi connectivity index (χ1v) is 10.3. The lowest BCUT2D eigenvalue weighted by atomic mass is 9.96. The number of carbonyl (C=O) groups is 1. The van der Waals surface area contributed by atoms with Gasteiger partial charge in [-0.1, -0.05) is 24.3 Å². The lowest BCUT2D eigenvalue weighted by molar-refractivity contribution is -0.121. The van der Waals surface area contributed by atoms with E-state index in [0.717, 1.165) is 39.5 Å². The van der Waals surface area contributed by atoms with Crippen molar-refractivity contribution in [2.45, 2.75) is 18.8 Å². The van der Waals surface area contributed by atoms with Crippen LogP contribution in [0.25, 0.3) is 10.9 Å². The molecular formula is C23H20F2N2OS. The summed E-state index contributed by atoms with van der Waals surface area (Å²) < 4.78 is 27.1. The maximum atomic E-state index is 13.8. The highest BCUT2D eigenvalue weighted by atomic mass is 32.1. The average Bonchev–Trinajstić information content (AvgIpc) is 3.40. The van der Waals surface area contributed by atoms with Gasteiger partial charge in [-0.2, -0.15) is 0 Å². The van der Waals surface area contributed by atoms with E-state index in [9.17, 15) is 13.6 Å². The highest BCUT2D eigenvalue weighted by molar-refractivity contribution is 7.10. The van der Waals surface area contributed by atoms with E-state index in [1.54, 1.807) is 11.3 Å². The van der Waals surface area contributed by atoms with E-state index in [1.165, 1.54) is 0 Å². The SMILES string of the molecule is O=C(CCc1cc(F)ccc1F)NCC(c1cccs1)c1c[nH]c2ccccc12. The van der Waals surface area contributed by atoms with Crippen LogP contribution < -0.4 is 5.32 Å². The molecule has 0 aliphatic rings. The molecule has 0 radical (unpaired) electrons. The number of hydrogen-bond acceptors (Lipinski definition) is 2. The van der Waals surface area contributed by atoms with E-state index in [-0.39, 0.29) is 30.2 Å². The number of para-hydroxylation sites is 1. The van der Waals surface area contributed by atoms with E-state index < -0.39 is 11.6 Å². The Morgan fingerprint density at radius 3 is 2.79 bits per heavy atom. The summed E-state index contributed by atoms with van der Waals surface area (Å²) in [5.41, 5.74) is 2.39. The molecule has 3 nitrogen and oxygen atoms in total. The minimum atomic E-state index is -0.501. The van der Waals surface area contributed by atoms with Gasteiger partial charge >= 0.3 is 0 Å². The number of aryl methyl sites for hydroxylation is 1. The number of halogens is 2. The Hall–Kier alpha value is -2.99. The summed E-state index contributed by atoms with van der Waals surface area (Å²) in [4.78, 5) is 16.8. The van der Waals surface area contributed by atoms with Crippen molar-refractivity contribution in [3.63, 3.8) is 0 Å². The van der Waals surface area contributed by atoms with Gasteiger partial charge in [0.05, 0.1) is 0 Å².